The molecule has 2 aromatic rings. The maximum absolute atomic E-state index is 11.0. The minimum Gasteiger partial charge on any atom is -0.504 e. The Balaban J connectivity index is 2.15. The van der Waals surface area contributed by atoms with Gasteiger partial charge in [0.1, 0.15) is 0 Å². The van der Waals surface area contributed by atoms with E-state index >= 15 is 0 Å². The SMILES string of the molecule is COc1cc2c3c(c1OC)-c1c(cc(O)c(OC)c1O)CCC3N(C)CC2. The van der Waals surface area contributed by atoms with Crippen LogP contribution in [-0.2, 0) is 12.8 Å². The number of aryl methyl sites for hydroxylation is 1. The third kappa shape index (κ3) is 2.51. The second-order valence-corrected chi connectivity index (χ2v) is 7.16. The molecule has 0 spiro atoms. The van der Waals surface area contributed by atoms with Crippen LogP contribution in [0.3, 0.4) is 0 Å². The first-order chi connectivity index (χ1) is 13.0. The Morgan fingerprint density at radius 3 is 2.33 bits per heavy atom. The maximum Gasteiger partial charge on any atom is 0.203 e. The second kappa shape index (κ2) is 6.53. The summed E-state index contributed by atoms with van der Waals surface area (Å²) in [7, 11) is 6.80. The van der Waals surface area contributed by atoms with Gasteiger partial charge in [0.15, 0.2) is 23.0 Å². The van der Waals surface area contributed by atoms with Crippen molar-refractivity contribution in [2.45, 2.75) is 25.3 Å². The Hall–Kier alpha value is -2.60. The first-order valence-corrected chi connectivity index (χ1v) is 9.11. The van der Waals surface area contributed by atoms with Gasteiger partial charge in [-0.15, -0.1) is 0 Å². The van der Waals surface area contributed by atoms with Crippen LogP contribution in [0.1, 0.15) is 29.2 Å². The fourth-order valence-electron chi connectivity index (χ4n) is 4.59. The number of hydrogen-bond acceptors (Lipinski definition) is 6. The number of ether oxygens (including phenoxy) is 3. The summed E-state index contributed by atoms with van der Waals surface area (Å²) < 4.78 is 16.6. The average Bonchev–Trinajstić information content (AvgIpc) is 2.83. The largest absolute Gasteiger partial charge is 0.504 e. The summed E-state index contributed by atoms with van der Waals surface area (Å²) in [5.41, 5.74) is 4.76. The number of aromatic hydroxyl groups is 2. The zero-order chi connectivity index (χ0) is 19.3. The van der Waals surface area contributed by atoms with Crippen LogP contribution in [0.2, 0.25) is 0 Å². The molecule has 0 fully saturated rings. The molecule has 0 saturated carbocycles. The van der Waals surface area contributed by atoms with Gasteiger partial charge in [-0.05, 0) is 55.1 Å². The van der Waals surface area contributed by atoms with Crippen molar-refractivity contribution in [3.8, 4) is 39.9 Å². The molecule has 144 valence electrons. The Morgan fingerprint density at radius 2 is 1.67 bits per heavy atom. The topological polar surface area (TPSA) is 71.4 Å². The molecule has 6 heteroatoms. The van der Waals surface area contributed by atoms with E-state index in [1.54, 1.807) is 20.3 Å². The number of hydrogen-bond donors (Lipinski definition) is 2. The fraction of sp³-hybridized carbons (Fsp3) is 0.429. The summed E-state index contributed by atoms with van der Waals surface area (Å²) >= 11 is 0. The van der Waals surface area contributed by atoms with Crippen molar-refractivity contribution in [3.05, 3.63) is 28.8 Å². The highest BCUT2D eigenvalue weighted by Crippen LogP contribution is 2.56. The van der Waals surface area contributed by atoms with Gasteiger partial charge in [-0.25, -0.2) is 0 Å². The molecule has 0 saturated heterocycles. The summed E-state index contributed by atoms with van der Waals surface area (Å²) in [5, 5.41) is 21.3. The van der Waals surface area contributed by atoms with Crippen molar-refractivity contribution in [1.29, 1.82) is 0 Å². The van der Waals surface area contributed by atoms with E-state index in [0.717, 1.165) is 36.9 Å². The van der Waals surface area contributed by atoms with Crippen molar-refractivity contribution in [3.63, 3.8) is 0 Å². The lowest BCUT2D eigenvalue weighted by molar-refractivity contribution is 0.220. The molecule has 0 radical (unpaired) electrons. The zero-order valence-corrected chi connectivity index (χ0v) is 16.1. The van der Waals surface area contributed by atoms with Crippen LogP contribution in [0.4, 0.5) is 0 Å². The third-order valence-electron chi connectivity index (χ3n) is 5.85. The average molecular weight is 371 g/mol. The van der Waals surface area contributed by atoms with Crippen molar-refractivity contribution in [1.82, 2.24) is 4.90 Å². The van der Waals surface area contributed by atoms with Crippen LogP contribution >= 0.6 is 0 Å². The summed E-state index contributed by atoms with van der Waals surface area (Å²) in [6, 6.07) is 3.96. The van der Waals surface area contributed by atoms with Crippen LogP contribution in [0.5, 0.6) is 28.7 Å². The van der Waals surface area contributed by atoms with Crippen molar-refractivity contribution in [2.75, 3.05) is 34.9 Å². The second-order valence-electron chi connectivity index (χ2n) is 7.16. The van der Waals surface area contributed by atoms with Crippen LogP contribution in [-0.4, -0.2) is 50.0 Å². The molecule has 1 atom stereocenters. The highest BCUT2D eigenvalue weighted by Gasteiger charge is 2.36. The summed E-state index contributed by atoms with van der Waals surface area (Å²) in [6.07, 6.45) is 2.53. The quantitative estimate of drug-likeness (QED) is 0.863. The smallest absolute Gasteiger partial charge is 0.203 e. The minimum absolute atomic E-state index is 0.0564. The van der Waals surface area contributed by atoms with Crippen molar-refractivity contribution in [2.24, 2.45) is 0 Å². The molecule has 1 unspecified atom stereocenters. The van der Waals surface area contributed by atoms with E-state index in [-0.39, 0.29) is 23.3 Å². The standard InChI is InChI=1S/C21H25NO5/c1-22-8-7-12-10-15(25-2)21(27-4)18-16(12)13(22)6-5-11-9-14(23)20(26-3)19(24)17(11)18/h9-10,13,23-24H,5-8H2,1-4H3. The molecule has 4 rings (SSSR count). The van der Waals surface area contributed by atoms with E-state index in [9.17, 15) is 10.2 Å². The normalized spacial score (nSPS) is 18.3. The Bertz CT molecular complexity index is 908. The number of fused-ring (bicyclic) bond motifs is 2. The van der Waals surface area contributed by atoms with E-state index in [1.165, 1.54) is 18.2 Å². The highest BCUT2D eigenvalue weighted by atomic mass is 16.5. The van der Waals surface area contributed by atoms with Crippen LogP contribution in [0, 0.1) is 0 Å². The molecule has 6 nitrogen and oxygen atoms in total. The zero-order valence-electron chi connectivity index (χ0n) is 16.1. The van der Waals surface area contributed by atoms with Crippen LogP contribution in [0.25, 0.3) is 11.1 Å². The third-order valence-corrected chi connectivity index (χ3v) is 5.85. The Kier molecular flexibility index (Phi) is 4.30. The van der Waals surface area contributed by atoms with Crippen molar-refractivity contribution >= 4 is 0 Å². The van der Waals surface area contributed by atoms with Crippen LogP contribution < -0.4 is 14.2 Å². The molecule has 0 aromatic heterocycles. The van der Waals surface area contributed by atoms with Gasteiger partial charge in [0, 0.05) is 23.7 Å². The molecule has 27 heavy (non-hydrogen) atoms. The maximum atomic E-state index is 11.0. The van der Waals surface area contributed by atoms with Gasteiger partial charge >= 0.3 is 0 Å². The van der Waals surface area contributed by atoms with Gasteiger partial charge in [0.05, 0.1) is 21.3 Å². The number of phenols is 2. The summed E-state index contributed by atoms with van der Waals surface area (Å²) in [5.74, 6) is 1.21. The molecule has 0 bridgehead atoms. The lowest BCUT2D eigenvalue weighted by Crippen LogP contribution is -2.32. The number of phenolic OH excluding ortho intramolecular Hbond substituents is 2. The number of benzene rings is 2. The van der Waals surface area contributed by atoms with Gasteiger partial charge in [0.25, 0.3) is 0 Å². The summed E-state index contributed by atoms with van der Waals surface area (Å²) in [4.78, 5) is 2.35. The molecule has 0 amide bonds. The number of methoxy groups -OCH3 is 3. The lowest BCUT2D eigenvalue weighted by Gasteiger charge is -2.36. The predicted molar refractivity (Wildman–Crippen MR) is 102 cm³/mol. The Morgan fingerprint density at radius 1 is 0.926 bits per heavy atom. The van der Waals surface area contributed by atoms with Gasteiger partial charge in [-0.3, -0.25) is 4.90 Å². The number of nitrogens with zero attached hydrogens (tertiary/aromatic N) is 1. The van der Waals surface area contributed by atoms with E-state index in [2.05, 4.69) is 18.0 Å². The molecule has 1 aliphatic heterocycles. The van der Waals surface area contributed by atoms with Gasteiger partial charge < -0.3 is 24.4 Å². The van der Waals surface area contributed by atoms with Gasteiger partial charge in [-0.1, -0.05) is 0 Å². The first kappa shape index (κ1) is 17.8. The van der Waals surface area contributed by atoms with E-state index in [1.807, 2.05) is 0 Å². The highest BCUT2D eigenvalue weighted by molar-refractivity contribution is 5.88. The summed E-state index contributed by atoms with van der Waals surface area (Å²) in [6.45, 7) is 0.962. The molecule has 2 aliphatic rings. The van der Waals surface area contributed by atoms with Gasteiger partial charge in [0.2, 0.25) is 5.75 Å². The molecule has 2 N–H and O–H groups in total. The number of rotatable bonds is 3. The molecule has 1 heterocycles. The van der Waals surface area contributed by atoms with Gasteiger partial charge in [-0.2, -0.15) is 0 Å². The molecular formula is C21H25NO5. The van der Waals surface area contributed by atoms with Crippen molar-refractivity contribution < 1.29 is 24.4 Å². The molecule has 1 aliphatic carbocycles. The monoisotopic (exact) mass is 371 g/mol. The first-order valence-electron chi connectivity index (χ1n) is 9.11. The fourth-order valence-corrected chi connectivity index (χ4v) is 4.59. The number of likely N-dealkylation sites (N-methyl/N-ethyl adjacent to an activating group) is 1. The lowest BCUT2D eigenvalue weighted by atomic mass is 9.85. The van der Waals surface area contributed by atoms with E-state index in [0.29, 0.717) is 17.1 Å². The van der Waals surface area contributed by atoms with E-state index < -0.39 is 0 Å². The van der Waals surface area contributed by atoms with E-state index in [4.69, 9.17) is 14.2 Å². The predicted octanol–water partition coefficient (Wildman–Crippen LogP) is 3.27. The van der Waals surface area contributed by atoms with Crippen LogP contribution in [0.15, 0.2) is 12.1 Å². The molecular weight excluding hydrogens is 346 g/mol. The molecule has 2 aromatic carbocycles. The minimum atomic E-state index is -0.0601. The Labute approximate surface area is 158 Å².